The van der Waals surface area contributed by atoms with Gasteiger partial charge in [-0.25, -0.2) is 9.50 Å². The van der Waals surface area contributed by atoms with Crippen molar-refractivity contribution in [2.75, 3.05) is 5.32 Å². The maximum absolute atomic E-state index is 12.0. The maximum Gasteiger partial charge on any atom is 0.227 e. The number of hydrogen-bond acceptors (Lipinski definition) is 3. The second-order valence-corrected chi connectivity index (χ2v) is 4.45. The highest BCUT2D eigenvalue weighted by molar-refractivity contribution is 5.92. The summed E-state index contributed by atoms with van der Waals surface area (Å²) < 4.78 is 1.65. The number of allylic oxidation sites excluding steroid dienone is 2. The number of hydrogen-bond donors (Lipinski definition) is 1. The number of aromatic nitrogens is 3. The molecule has 0 spiro atoms. The van der Waals surface area contributed by atoms with Crippen molar-refractivity contribution in [1.82, 2.24) is 14.6 Å². The molecule has 0 fully saturated rings. The van der Waals surface area contributed by atoms with Gasteiger partial charge in [0.2, 0.25) is 5.91 Å². The molecule has 0 bridgehead atoms. The summed E-state index contributed by atoms with van der Waals surface area (Å²) in [6, 6.07) is 1.82. The lowest BCUT2D eigenvalue weighted by Gasteiger charge is -2.17. The molecule has 0 unspecified atom stereocenters. The van der Waals surface area contributed by atoms with Crippen LogP contribution in [0.25, 0.3) is 5.65 Å². The first-order valence-electron chi connectivity index (χ1n) is 6.08. The molecule has 1 atom stereocenters. The monoisotopic (exact) mass is 242 g/mol. The molecule has 2 aromatic rings. The number of anilines is 1. The molecule has 1 aliphatic rings. The molecule has 1 amide bonds. The van der Waals surface area contributed by atoms with Gasteiger partial charge in [-0.2, -0.15) is 5.10 Å². The fourth-order valence-corrected chi connectivity index (χ4v) is 2.15. The quantitative estimate of drug-likeness (QED) is 0.820. The van der Waals surface area contributed by atoms with Crippen LogP contribution < -0.4 is 5.32 Å². The third-order valence-corrected chi connectivity index (χ3v) is 3.15. The highest BCUT2D eigenvalue weighted by Gasteiger charge is 2.18. The number of nitrogens with one attached hydrogen (secondary N) is 1. The molecule has 0 saturated heterocycles. The molecule has 2 heterocycles. The van der Waals surface area contributed by atoms with Crippen LogP contribution in [-0.4, -0.2) is 20.5 Å². The fourth-order valence-electron chi connectivity index (χ4n) is 2.15. The molecule has 0 radical (unpaired) electrons. The van der Waals surface area contributed by atoms with Crippen molar-refractivity contribution in [2.45, 2.75) is 19.3 Å². The van der Waals surface area contributed by atoms with Crippen molar-refractivity contribution in [3.05, 3.63) is 36.8 Å². The Bertz CT molecular complexity index is 602. The smallest absolute Gasteiger partial charge is 0.227 e. The van der Waals surface area contributed by atoms with E-state index in [1.165, 1.54) is 0 Å². The van der Waals surface area contributed by atoms with Crippen LogP contribution in [0.4, 0.5) is 5.69 Å². The van der Waals surface area contributed by atoms with Gasteiger partial charge in [-0.3, -0.25) is 4.79 Å². The predicted molar refractivity (Wildman–Crippen MR) is 68.1 cm³/mol. The van der Waals surface area contributed by atoms with Crippen LogP contribution in [0.1, 0.15) is 19.3 Å². The number of amides is 1. The van der Waals surface area contributed by atoms with Crippen LogP contribution in [0.2, 0.25) is 0 Å². The van der Waals surface area contributed by atoms with E-state index in [2.05, 4.69) is 27.6 Å². The summed E-state index contributed by atoms with van der Waals surface area (Å²) in [5.41, 5.74) is 1.46. The van der Waals surface area contributed by atoms with E-state index >= 15 is 0 Å². The third kappa shape index (κ3) is 2.11. The van der Waals surface area contributed by atoms with Crippen molar-refractivity contribution >= 4 is 17.2 Å². The van der Waals surface area contributed by atoms with Crippen LogP contribution in [0.5, 0.6) is 0 Å². The van der Waals surface area contributed by atoms with Gasteiger partial charge in [0.05, 0.1) is 24.3 Å². The van der Waals surface area contributed by atoms with Crippen molar-refractivity contribution in [2.24, 2.45) is 5.92 Å². The highest BCUT2D eigenvalue weighted by Crippen LogP contribution is 2.20. The van der Waals surface area contributed by atoms with E-state index in [0.717, 1.165) is 24.9 Å². The van der Waals surface area contributed by atoms with Gasteiger partial charge in [0.1, 0.15) is 0 Å². The summed E-state index contributed by atoms with van der Waals surface area (Å²) in [7, 11) is 0. The summed E-state index contributed by atoms with van der Waals surface area (Å²) in [4.78, 5) is 16.3. The molecule has 0 saturated carbocycles. The molecule has 92 valence electrons. The standard InChI is InChI=1S/C13H14N4O/c18-13(10-4-2-1-3-5-10)16-11-8-14-12-6-7-15-17(12)9-11/h1-2,6-10H,3-5H2,(H,16,18)/t10-/m0/s1. The molecule has 0 aromatic carbocycles. The minimum atomic E-state index is 0.0626. The van der Waals surface area contributed by atoms with Gasteiger partial charge >= 0.3 is 0 Å². The minimum Gasteiger partial charge on any atom is -0.323 e. The molecular formula is C13H14N4O. The van der Waals surface area contributed by atoms with Crippen LogP contribution in [-0.2, 0) is 4.79 Å². The zero-order valence-corrected chi connectivity index (χ0v) is 9.91. The SMILES string of the molecule is O=C(Nc1cnc2ccnn2c1)[C@H]1CC=CCC1. The summed E-state index contributed by atoms with van der Waals surface area (Å²) in [6.07, 6.45) is 12.0. The van der Waals surface area contributed by atoms with E-state index in [-0.39, 0.29) is 11.8 Å². The Morgan fingerprint density at radius 2 is 2.39 bits per heavy atom. The van der Waals surface area contributed by atoms with Crippen LogP contribution >= 0.6 is 0 Å². The molecule has 3 rings (SSSR count). The lowest BCUT2D eigenvalue weighted by molar-refractivity contribution is -0.120. The highest BCUT2D eigenvalue weighted by atomic mass is 16.1. The first-order valence-corrected chi connectivity index (χ1v) is 6.08. The van der Waals surface area contributed by atoms with Gasteiger partial charge in [-0.05, 0) is 19.3 Å². The zero-order chi connectivity index (χ0) is 12.4. The van der Waals surface area contributed by atoms with Gasteiger partial charge in [0.15, 0.2) is 5.65 Å². The fraction of sp³-hybridized carbons (Fsp3) is 0.308. The van der Waals surface area contributed by atoms with E-state index in [4.69, 9.17) is 0 Å². The van der Waals surface area contributed by atoms with Crippen molar-refractivity contribution < 1.29 is 4.79 Å². The molecule has 1 N–H and O–H groups in total. The van der Waals surface area contributed by atoms with Gasteiger partial charge < -0.3 is 5.32 Å². The number of carbonyl (C=O) groups excluding carboxylic acids is 1. The normalized spacial score (nSPS) is 19.0. The number of fused-ring (bicyclic) bond motifs is 1. The Balaban J connectivity index is 1.74. The van der Waals surface area contributed by atoms with E-state index in [9.17, 15) is 4.79 Å². The topological polar surface area (TPSA) is 59.3 Å². The average molecular weight is 242 g/mol. The van der Waals surface area contributed by atoms with Crippen LogP contribution in [0.15, 0.2) is 36.8 Å². The van der Waals surface area contributed by atoms with Crippen LogP contribution in [0.3, 0.4) is 0 Å². The van der Waals surface area contributed by atoms with E-state index < -0.39 is 0 Å². The van der Waals surface area contributed by atoms with Crippen molar-refractivity contribution in [1.29, 1.82) is 0 Å². The number of rotatable bonds is 2. The van der Waals surface area contributed by atoms with E-state index in [0.29, 0.717) is 5.69 Å². The number of carbonyl (C=O) groups is 1. The maximum atomic E-state index is 12.0. The van der Waals surface area contributed by atoms with E-state index in [1.54, 1.807) is 23.1 Å². The van der Waals surface area contributed by atoms with Gasteiger partial charge in [0.25, 0.3) is 0 Å². The molecule has 5 heteroatoms. The number of nitrogens with zero attached hydrogens (tertiary/aromatic N) is 3. The first kappa shape index (κ1) is 11.0. The first-order chi connectivity index (χ1) is 8.83. The minimum absolute atomic E-state index is 0.0626. The van der Waals surface area contributed by atoms with Gasteiger partial charge in [-0.1, -0.05) is 12.2 Å². The molecule has 18 heavy (non-hydrogen) atoms. The Morgan fingerprint density at radius 1 is 1.44 bits per heavy atom. The Hall–Kier alpha value is -2.17. The summed E-state index contributed by atoms with van der Waals surface area (Å²) in [6.45, 7) is 0. The molecular weight excluding hydrogens is 228 g/mol. The Kier molecular flexibility index (Phi) is 2.80. The molecule has 5 nitrogen and oxygen atoms in total. The van der Waals surface area contributed by atoms with Gasteiger partial charge in [-0.15, -0.1) is 0 Å². The summed E-state index contributed by atoms with van der Waals surface area (Å²) >= 11 is 0. The second-order valence-electron chi connectivity index (χ2n) is 4.45. The lowest BCUT2D eigenvalue weighted by Crippen LogP contribution is -2.23. The van der Waals surface area contributed by atoms with Crippen molar-refractivity contribution in [3.8, 4) is 0 Å². The summed E-state index contributed by atoms with van der Waals surface area (Å²) in [5, 5.41) is 6.99. The predicted octanol–water partition coefficient (Wildman–Crippen LogP) is 2.02. The molecule has 1 aliphatic carbocycles. The van der Waals surface area contributed by atoms with Crippen LogP contribution in [0, 0.1) is 5.92 Å². The average Bonchev–Trinajstić information content (AvgIpc) is 2.87. The Labute approximate surface area is 105 Å². The van der Waals surface area contributed by atoms with Crippen molar-refractivity contribution in [3.63, 3.8) is 0 Å². The largest absolute Gasteiger partial charge is 0.323 e. The zero-order valence-electron chi connectivity index (χ0n) is 9.91. The lowest BCUT2D eigenvalue weighted by atomic mass is 9.94. The molecule has 2 aromatic heterocycles. The Morgan fingerprint density at radius 3 is 3.22 bits per heavy atom. The third-order valence-electron chi connectivity index (χ3n) is 3.15. The van der Waals surface area contributed by atoms with Gasteiger partial charge in [0, 0.05) is 12.0 Å². The van der Waals surface area contributed by atoms with E-state index in [1.807, 2.05) is 6.07 Å². The summed E-state index contributed by atoms with van der Waals surface area (Å²) in [5.74, 6) is 0.135. The second kappa shape index (κ2) is 4.60. The molecule has 0 aliphatic heterocycles.